The molecule has 0 radical (unpaired) electrons. The van der Waals surface area contributed by atoms with Crippen molar-refractivity contribution >= 4 is 34.8 Å². The van der Waals surface area contributed by atoms with Crippen LogP contribution < -0.4 is 5.73 Å². The van der Waals surface area contributed by atoms with E-state index < -0.39 is 0 Å². The van der Waals surface area contributed by atoms with Crippen LogP contribution in [0, 0.1) is 0 Å². The van der Waals surface area contributed by atoms with Crippen molar-refractivity contribution < 1.29 is 4.79 Å². The number of carbonyl (C=O) groups excluding carboxylic acids is 1. The summed E-state index contributed by atoms with van der Waals surface area (Å²) in [5.74, 6) is 0.00113. The van der Waals surface area contributed by atoms with E-state index in [9.17, 15) is 4.79 Å². The Balaban J connectivity index is 2.21. The Bertz CT molecular complexity index is 463. The maximum Gasteiger partial charge on any atom is 0.254 e. The van der Waals surface area contributed by atoms with Crippen LogP contribution in [0.4, 0.5) is 5.69 Å². The topological polar surface area (TPSA) is 46.3 Å². The fraction of sp³-hybridized carbons (Fsp3) is 0.500. The minimum atomic E-state index is 0.00113. The Morgan fingerprint density at radius 2 is 2.11 bits per heavy atom. The summed E-state index contributed by atoms with van der Waals surface area (Å²) >= 11 is 11.9. The second-order valence-corrected chi connectivity index (χ2v) is 5.73. The van der Waals surface area contributed by atoms with Gasteiger partial charge in [0.25, 0.3) is 5.91 Å². The quantitative estimate of drug-likeness (QED) is 0.836. The van der Waals surface area contributed by atoms with E-state index in [4.69, 9.17) is 28.9 Å². The van der Waals surface area contributed by atoms with E-state index in [1.54, 1.807) is 12.1 Å². The molecule has 5 heteroatoms. The molecule has 1 fully saturated rings. The minimum Gasteiger partial charge on any atom is -0.397 e. The van der Waals surface area contributed by atoms with Gasteiger partial charge in [0.2, 0.25) is 0 Å². The van der Waals surface area contributed by atoms with Crippen molar-refractivity contribution in [2.75, 3.05) is 12.3 Å². The van der Waals surface area contributed by atoms with Gasteiger partial charge in [-0.2, -0.15) is 0 Å². The number of nitrogens with zero attached hydrogens (tertiary/aromatic N) is 1. The van der Waals surface area contributed by atoms with E-state index in [1.807, 2.05) is 4.90 Å². The molecule has 1 aromatic rings. The number of carbonyl (C=O) groups is 1. The second-order valence-electron chi connectivity index (χ2n) is 4.94. The van der Waals surface area contributed by atoms with Crippen LogP contribution in [-0.2, 0) is 0 Å². The lowest BCUT2D eigenvalue weighted by Crippen LogP contribution is -2.34. The number of nitrogen functional groups attached to an aromatic ring is 1. The van der Waals surface area contributed by atoms with Crippen LogP contribution in [0.3, 0.4) is 0 Å². The number of anilines is 1. The number of halogens is 2. The standard InChI is InChI=1S/C14H18Cl2N2O/c1-2-3-6-18(10-4-5-10)14(19)9-7-11(15)13(16)12(17)8-9/h7-8,10H,2-6,17H2,1H3. The van der Waals surface area contributed by atoms with Crippen LogP contribution in [0.15, 0.2) is 12.1 Å². The molecule has 0 aliphatic heterocycles. The average molecular weight is 301 g/mol. The molecule has 1 aliphatic rings. The molecule has 2 rings (SSSR count). The monoisotopic (exact) mass is 300 g/mol. The number of benzene rings is 1. The molecular formula is C14H18Cl2N2O. The van der Waals surface area contributed by atoms with Crippen LogP contribution in [0.2, 0.25) is 10.0 Å². The third-order valence-electron chi connectivity index (χ3n) is 3.30. The van der Waals surface area contributed by atoms with Crippen molar-refractivity contribution in [3.63, 3.8) is 0 Å². The molecule has 1 saturated carbocycles. The van der Waals surface area contributed by atoms with E-state index in [1.165, 1.54) is 0 Å². The maximum atomic E-state index is 12.5. The molecule has 104 valence electrons. The smallest absolute Gasteiger partial charge is 0.254 e. The second kappa shape index (κ2) is 6.02. The first-order chi connectivity index (χ1) is 9.04. The zero-order chi connectivity index (χ0) is 14.0. The van der Waals surface area contributed by atoms with Gasteiger partial charge in [-0.05, 0) is 31.4 Å². The first-order valence-electron chi connectivity index (χ1n) is 6.60. The summed E-state index contributed by atoms with van der Waals surface area (Å²) in [6.07, 6.45) is 4.26. The lowest BCUT2D eigenvalue weighted by Gasteiger charge is -2.22. The summed E-state index contributed by atoms with van der Waals surface area (Å²) < 4.78 is 0. The zero-order valence-corrected chi connectivity index (χ0v) is 12.5. The molecule has 1 aromatic carbocycles. The molecule has 0 unspecified atom stereocenters. The Morgan fingerprint density at radius 1 is 1.42 bits per heavy atom. The molecule has 19 heavy (non-hydrogen) atoms. The largest absolute Gasteiger partial charge is 0.397 e. The third kappa shape index (κ3) is 3.34. The number of hydrogen-bond donors (Lipinski definition) is 1. The lowest BCUT2D eigenvalue weighted by atomic mass is 10.1. The van der Waals surface area contributed by atoms with Gasteiger partial charge in [0.05, 0.1) is 15.7 Å². The molecule has 0 bridgehead atoms. The average Bonchev–Trinajstić information content (AvgIpc) is 3.20. The highest BCUT2D eigenvalue weighted by Crippen LogP contribution is 2.32. The highest BCUT2D eigenvalue weighted by Gasteiger charge is 2.32. The van der Waals surface area contributed by atoms with E-state index >= 15 is 0 Å². The first-order valence-corrected chi connectivity index (χ1v) is 7.35. The van der Waals surface area contributed by atoms with Gasteiger partial charge in [-0.15, -0.1) is 0 Å². The molecule has 3 nitrogen and oxygen atoms in total. The number of rotatable bonds is 5. The van der Waals surface area contributed by atoms with E-state index in [0.717, 1.165) is 32.2 Å². The van der Waals surface area contributed by atoms with Crippen molar-refractivity contribution in [1.29, 1.82) is 0 Å². The predicted molar refractivity (Wildman–Crippen MR) is 79.8 cm³/mol. The molecule has 0 heterocycles. The van der Waals surface area contributed by atoms with Crippen LogP contribution in [0.1, 0.15) is 43.0 Å². The van der Waals surface area contributed by atoms with E-state index in [0.29, 0.717) is 27.3 Å². The molecule has 0 atom stereocenters. The molecule has 1 amide bonds. The fourth-order valence-corrected chi connectivity index (χ4v) is 2.40. The SMILES string of the molecule is CCCCN(C(=O)c1cc(N)c(Cl)c(Cl)c1)C1CC1. The Morgan fingerprint density at radius 3 is 2.63 bits per heavy atom. The van der Waals surface area contributed by atoms with Gasteiger partial charge in [-0.1, -0.05) is 36.5 Å². The van der Waals surface area contributed by atoms with Gasteiger partial charge in [0.15, 0.2) is 0 Å². The van der Waals surface area contributed by atoms with Gasteiger partial charge < -0.3 is 10.6 Å². The summed E-state index contributed by atoms with van der Waals surface area (Å²) in [6, 6.07) is 3.59. The third-order valence-corrected chi connectivity index (χ3v) is 4.12. The zero-order valence-electron chi connectivity index (χ0n) is 11.0. The highest BCUT2D eigenvalue weighted by atomic mass is 35.5. The van der Waals surface area contributed by atoms with Gasteiger partial charge in [-0.25, -0.2) is 0 Å². The molecule has 0 saturated heterocycles. The van der Waals surface area contributed by atoms with Gasteiger partial charge in [0.1, 0.15) is 0 Å². The van der Waals surface area contributed by atoms with E-state index in [-0.39, 0.29) is 5.91 Å². The Labute approximate surface area is 123 Å². The van der Waals surface area contributed by atoms with Crippen LogP contribution in [0.5, 0.6) is 0 Å². The molecule has 1 aliphatic carbocycles. The highest BCUT2D eigenvalue weighted by molar-refractivity contribution is 6.43. The van der Waals surface area contributed by atoms with Gasteiger partial charge in [0, 0.05) is 18.2 Å². The normalized spacial score (nSPS) is 14.5. The summed E-state index contributed by atoms with van der Waals surface area (Å²) in [6.45, 7) is 2.91. The fourth-order valence-electron chi connectivity index (χ4n) is 2.06. The summed E-state index contributed by atoms with van der Waals surface area (Å²) in [7, 11) is 0. The van der Waals surface area contributed by atoms with Crippen molar-refractivity contribution in [2.45, 2.75) is 38.6 Å². The summed E-state index contributed by atoms with van der Waals surface area (Å²) in [4.78, 5) is 14.4. The predicted octanol–water partition coefficient (Wildman–Crippen LogP) is 3.98. The van der Waals surface area contributed by atoms with Gasteiger partial charge >= 0.3 is 0 Å². The molecule has 0 spiro atoms. The minimum absolute atomic E-state index is 0.00113. The summed E-state index contributed by atoms with van der Waals surface area (Å²) in [5.41, 5.74) is 6.64. The van der Waals surface area contributed by atoms with Gasteiger partial charge in [-0.3, -0.25) is 4.79 Å². The molecule has 0 aromatic heterocycles. The molecular weight excluding hydrogens is 283 g/mol. The number of unbranched alkanes of at least 4 members (excludes halogenated alkanes) is 1. The molecule has 2 N–H and O–H groups in total. The lowest BCUT2D eigenvalue weighted by molar-refractivity contribution is 0.0741. The van der Waals surface area contributed by atoms with E-state index in [2.05, 4.69) is 6.92 Å². The van der Waals surface area contributed by atoms with Crippen LogP contribution in [0.25, 0.3) is 0 Å². The summed E-state index contributed by atoms with van der Waals surface area (Å²) in [5, 5.41) is 0.640. The first kappa shape index (κ1) is 14.5. The van der Waals surface area contributed by atoms with Crippen molar-refractivity contribution in [1.82, 2.24) is 4.90 Å². The number of hydrogen-bond acceptors (Lipinski definition) is 2. The van der Waals surface area contributed by atoms with Crippen molar-refractivity contribution in [2.24, 2.45) is 0 Å². The number of amides is 1. The Hall–Kier alpha value is -0.930. The van der Waals surface area contributed by atoms with Crippen LogP contribution in [-0.4, -0.2) is 23.4 Å². The van der Waals surface area contributed by atoms with Crippen molar-refractivity contribution in [3.05, 3.63) is 27.7 Å². The Kier molecular flexibility index (Phi) is 4.58. The maximum absolute atomic E-state index is 12.5. The number of nitrogens with two attached hydrogens (primary N) is 1. The van der Waals surface area contributed by atoms with Crippen molar-refractivity contribution in [3.8, 4) is 0 Å². The van der Waals surface area contributed by atoms with Crippen LogP contribution >= 0.6 is 23.2 Å².